The van der Waals surface area contributed by atoms with Gasteiger partial charge < -0.3 is 5.32 Å². The molecular weight excluding hydrogens is 256 g/mol. The van der Waals surface area contributed by atoms with Gasteiger partial charge in [0.2, 0.25) is 0 Å². The Hall–Kier alpha value is -1.38. The molecule has 3 heteroatoms. The van der Waals surface area contributed by atoms with Crippen molar-refractivity contribution in [2.45, 2.75) is 26.3 Å². The van der Waals surface area contributed by atoms with Crippen molar-refractivity contribution in [3.05, 3.63) is 64.4 Å². The Bertz CT molecular complexity index is 526. The molecule has 1 atom stereocenters. The van der Waals surface area contributed by atoms with Crippen LogP contribution in [-0.4, -0.2) is 11.5 Å². The van der Waals surface area contributed by atoms with Gasteiger partial charge in [0.1, 0.15) is 0 Å². The normalized spacial score (nSPS) is 12.4. The van der Waals surface area contributed by atoms with Gasteiger partial charge in [-0.3, -0.25) is 4.98 Å². The van der Waals surface area contributed by atoms with Crippen LogP contribution in [0.25, 0.3) is 0 Å². The van der Waals surface area contributed by atoms with E-state index in [-0.39, 0.29) is 6.04 Å². The molecule has 0 saturated heterocycles. The minimum Gasteiger partial charge on any atom is -0.310 e. The van der Waals surface area contributed by atoms with Crippen molar-refractivity contribution >= 4 is 11.6 Å². The number of rotatable bonds is 5. The number of aryl methyl sites for hydroxylation is 1. The number of hydrogen-bond donors (Lipinski definition) is 1. The molecule has 1 aromatic heterocycles. The molecule has 100 valence electrons. The third-order valence-corrected chi connectivity index (χ3v) is 3.52. The first-order valence-electron chi connectivity index (χ1n) is 6.59. The highest BCUT2D eigenvalue weighted by molar-refractivity contribution is 6.31. The van der Waals surface area contributed by atoms with Crippen LogP contribution < -0.4 is 5.32 Å². The average Bonchev–Trinajstić information content (AvgIpc) is 2.42. The van der Waals surface area contributed by atoms with Crippen LogP contribution in [0.15, 0.2) is 42.7 Å². The Morgan fingerprint density at radius 2 is 2.16 bits per heavy atom. The third-order valence-electron chi connectivity index (χ3n) is 3.17. The van der Waals surface area contributed by atoms with Gasteiger partial charge in [-0.25, -0.2) is 0 Å². The van der Waals surface area contributed by atoms with Crippen LogP contribution in [0, 0.1) is 6.92 Å². The summed E-state index contributed by atoms with van der Waals surface area (Å²) in [4.78, 5) is 4.19. The molecule has 0 saturated carbocycles. The minimum absolute atomic E-state index is 0.249. The molecule has 0 fully saturated rings. The first-order chi connectivity index (χ1) is 9.20. The van der Waals surface area contributed by atoms with Crippen LogP contribution in [0.3, 0.4) is 0 Å². The zero-order valence-electron chi connectivity index (χ0n) is 11.4. The first-order valence-corrected chi connectivity index (χ1v) is 6.97. The number of benzene rings is 1. The van der Waals surface area contributed by atoms with E-state index in [0.717, 1.165) is 18.0 Å². The predicted molar refractivity (Wildman–Crippen MR) is 80.5 cm³/mol. The molecule has 0 aliphatic rings. The second-order valence-electron chi connectivity index (χ2n) is 4.70. The standard InChI is InChI=1S/C16H19ClN2/c1-3-19-16(14-5-4-8-18-11-14)10-13-7-6-12(2)9-15(13)17/h4-9,11,16,19H,3,10H2,1-2H3. The van der Waals surface area contributed by atoms with Crippen molar-refractivity contribution in [2.75, 3.05) is 6.54 Å². The molecule has 1 N–H and O–H groups in total. The number of halogens is 1. The van der Waals surface area contributed by atoms with E-state index in [1.165, 1.54) is 16.7 Å². The highest BCUT2D eigenvalue weighted by Crippen LogP contribution is 2.24. The number of nitrogens with zero attached hydrogens (tertiary/aromatic N) is 1. The smallest absolute Gasteiger partial charge is 0.0441 e. The van der Waals surface area contributed by atoms with E-state index in [0.29, 0.717) is 0 Å². The summed E-state index contributed by atoms with van der Waals surface area (Å²) < 4.78 is 0. The minimum atomic E-state index is 0.249. The van der Waals surface area contributed by atoms with Crippen molar-refractivity contribution in [3.63, 3.8) is 0 Å². The second-order valence-corrected chi connectivity index (χ2v) is 5.10. The Kier molecular flexibility index (Phi) is 4.94. The number of likely N-dealkylation sites (N-methyl/N-ethyl adjacent to an activating group) is 1. The van der Waals surface area contributed by atoms with E-state index in [2.05, 4.69) is 42.3 Å². The van der Waals surface area contributed by atoms with E-state index < -0.39 is 0 Å². The molecule has 0 aliphatic carbocycles. The summed E-state index contributed by atoms with van der Waals surface area (Å²) in [6.45, 7) is 5.09. The molecule has 0 spiro atoms. The zero-order chi connectivity index (χ0) is 13.7. The monoisotopic (exact) mass is 274 g/mol. The maximum Gasteiger partial charge on any atom is 0.0441 e. The fourth-order valence-corrected chi connectivity index (χ4v) is 2.49. The molecular formula is C16H19ClN2. The quantitative estimate of drug-likeness (QED) is 0.893. The van der Waals surface area contributed by atoms with Gasteiger partial charge in [0.05, 0.1) is 0 Å². The molecule has 0 amide bonds. The lowest BCUT2D eigenvalue weighted by atomic mass is 9.99. The molecule has 1 aromatic carbocycles. The largest absolute Gasteiger partial charge is 0.310 e. The molecule has 2 nitrogen and oxygen atoms in total. The number of nitrogens with one attached hydrogen (secondary N) is 1. The lowest BCUT2D eigenvalue weighted by Gasteiger charge is -2.19. The van der Waals surface area contributed by atoms with Gasteiger partial charge in [-0.15, -0.1) is 0 Å². The van der Waals surface area contributed by atoms with Gasteiger partial charge in [0.25, 0.3) is 0 Å². The molecule has 1 heterocycles. The number of aromatic nitrogens is 1. The molecule has 0 radical (unpaired) electrons. The summed E-state index contributed by atoms with van der Waals surface area (Å²) in [5.41, 5.74) is 3.55. The van der Waals surface area contributed by atoms with E-state index in [4.69, 9.17) is 11.6 Å². The Morgan fingerprint density at radius 1 is 1.32 bits per heavy atom. The molecule has 0 bridgehead atoms. The number of pyridine rings is 1. The van der Waals surface area contributed by atoms with Crippen LogP contribution in [0.4, 0.5) is 0 Å². The summed E-state index contributed by atoms with van der Waals surface area (Å²) in [5.74, 6) is 0. The van der Waals surface area contributed by atoms with Crippen LogP contribution in [0.5, 0.6) is 0 Å². The van der Waals surface area contributed by atoms with Gasteiger partial charge in [0.15, 0.2) is 0 Å². The van der Waals surface area contributed by atoms with Crippen molar-refractivity contribution in [1.29, 1.82) is 0 Å². The first kappa shape index (κ1) is 14.0. The SMILES string of the molecule is CCNC(Cc1ccc(C)cc1Cl)c1cccnc1. The molecule has 1 unspecified atom stereocenters. The van der Waals surface area contributed by atoms with Crippen molar-refractivity contribution in [1.82, 2.24) is 10.3 Å². The van der Waals surface area contributed by atoms with Crippen molar-refractivity contribution in [3.8, 4) is 0 Å². The molecule has 2 aromatic rings. The van der Waals surface area contributed by atoms with Gasteiger partial charge in [-0.05, 0) is 48.7 Å². The maximum atomic E-state index is 6.32. The van der Waals surface area contributed by atoms with E-state index in [1.807, 2.05) is 18.3 Å². The Balaban J connectivity index is 2.21. The lowest BCUT2D eigenvalue weighted by molar-refractivity contribution is 0.548. The van der Waals surface area contributed by atoms with Crippen LogP contribution in [0.1, 0.15) is 29.7 Å². The Morgan fingerprint density at radius 3 is 2.79 bits per heavy atom. The van der Waals surface area contributed by atoms with Crippen LogP contribution in [-0.2, 0) is 6.42 Å². The lowest BCUT2D eigenvalue weighted by Crippen LogP contribution is -2.23. The van der Waals surface area contributed by atoms with Gasteiger partial charge >= 0.3 is 0 Å². The average molecular weight is 275 g/mol. The van der Waals surface area contributed by atoms with Crippen LogP contribution in [0.2, 0.25) is 5.02 Å². The third kappa shape index (κ3) is 3.79. The van der Waals surface area contributed by atoms with E-state index in [1.54, 1.807) is 6.20 Å². The highest BCUT2D eigenvalue weighted by atomic mass is 35.5. The molecule has 19 heavy (non-hydrogen) atoms. The summed E-state index contributed by atoms with van der Waals surface area (Å²) in [5, 5.41) is 4.33. The fourth-order valence-electron chi connectivity index (χ4n) is 2.17. The predicted octanol–water partition coefficient (Wildman–Crippen LogP) is 3.94. The van der Waals surface area contributed by atoms with E-state index >= 15 is 0 Å². The van der Waals surface area contributed by atoms with Crippen LogP contribution >= 0.6 is 11.6 Å². The Labute approximate surface area is 119 Å². The number of hydrogen-bond acceptors (Lipinski definition) is 2. The van der Waals surface area contributed by atoms with Gasteiger partial charge in [0, 0.05) is 23.5 Å². The van der Waals surface area contributed by atoms with Gasteiger partial charge in [-0.2, -0.15) is 0 Å². The summed E-state index contributed by atoms with van der Waals surface area (Å²) >= 11 is 6.32. The highest BCUT2D eigenvalue weighted by Gasteiger charge is 2.13. The zero-order valence-corrected chi connectivity index (χ0v) is 12.1. The van der Waals surface area contributed by atoms with Gasteiger partial charge in [-0.1, -0.05) is 36.7 Å². The topological polar surface area (TPSA) is 24.9 Å². The fraction of sp³-hybridized carbons (Fsp3) is 0.312. The van der Waals surface area contributed by atoms with E-state index in [9.17, 15) is 0 Å². The maximum absolute atomic E-state index is 6.32. The van der Waals surface area contributed by atoms with Crippen molar-refractivity contribution < 1.29 is 0 Å². The summed E-state index contributed by atoms with van der Waals surface area (Å²) in [6, 6.07) is 10.5. The summed E-state index contributed by atoms with van der Waals surface area (Å²) in [7, 11) is 0. The second kappa shape index (κ2) is 6.69. The van der Waals surface area contributed by atoms with Crippen molar-refractivity contribution in [2.24, 2.45) is 0 Å². The molecule has 2 rings (SSSR count). The molecule has 0 aliphatic heterocycles. The summed E-state index contributed by atoms with van der Waals surface area (Å²) in [6.07, 6.45) is 4.58.